The van der Waals surface area contributed by atoms with Gasteiger partial charge in [0, 0.05) is 5.56 Å². The monoisotopic (exact) mass is 443 g/mol. The Bertz CT molecular complexity index is 1360. The maximum absolute atomic E-state index is 13.1. The van der Waals surface area contributed by atoms with Gasteiger partial charge < -0.3 is 14.3 Å². The highest BCUT2D eigenvalue weighted by molar-refractivity contribution is 6.39. The van der Waals surface area contributed by atoms with Crippen molar-refractivity contribution in [2.24, 2.45) is 0 Å². The molecule has 2 aromatic carbocycles. The van der Waals surface area contributed by atoms with E-state index in [1.807, 2.05) is 13.8 Å². The number of anilines is 1. The molecule has 0 unspecified atom stereocenters. The number of carbonyl (C=O) groups is 4. The van der Waals surface area contributed by atoms with E-state index in [1.54, 1.807) is 43.3 Å². The molecule has 0 radical (unpaired) electrons. The molecular formula is C25H19N2O6-. The van der Waals surface area contributed by atoms with Crippen LogP contribution in [0.2, 0.25) is 0 Å². The maximum Gasteiger partial charge on any atom is 0.335 e. The van der Waals surface area contributed by atoms with Crippen LogP contribution in [0.3, 0.4) is 0 Å². The molecule has 1 aromatic heterocycles. The van der Waals surface area contributed by atoms with Crippen LogP contribution in [0.15, 0.2) is 58.5 Å². The van der Waals surface area contributed by atoms with Crippen molar-refractivity contribution in [2.75, 3.05) is 4.90 Å². The van der Waals surface area contributed by atoms with E-state index >= 15 is 0 Å². The van der Waals surface area contributed by atoms with Crippen LogP contribution in [0.25, 0.3) is 17.4 Å². The van der Waals surface area contributed by atoms with Gasteiger partial charge in [-0.2, -0.15) is 0 Å². The van der Waals surface area contributed by atoms with Crippen LogP contribution in [-0.2, 0) is 9.59 Å². The number of amides is 4. The Morgan fingerprint density at radius 1 is 0.939 bits per heavy atom. The van der Waals surface area contributed by atoms with E-state index in [9.17, 15) is 24.3 Å². The van der Waals surface area contributed by atoms with Crippen molar-refractivity contribution in [3.8, 4) is 11.3 Å². The molecule has 0 saturated carbocycles. The summed E-state index contributed by atoms with van der Waals surface area (Å²) in [6.45, 7) is 5.50. The van der Waals surface area contributed by atoms with Gasteiger partial charge in [-0.05, 0) is 79.4 Å². The zero-order valence-corrected chi connectivity index (χ0v) is 18.1. The van der Waals surface area contributed by atoms with E-state index in [0.29, 0.717) is 22.6 Å². The standard InChI is InChI=1S/C25H20N2O6/c1-13-4-6-17(11-14(13)2)27-23(29)20(22(28)26-25(27)32)12-18-7-9-21(33-18)19-8-5-16(24(30)31)10-15(19)3/h4-12H,1-3H3,(H,30,31)(H,26,28,32)/p-1/b20-12+. The van der Waals surface area contributed by atoms with Crippen LogP contribution in [0.5, 0.6) is 0 Å². The first-order chi connectivity index (χ1) is 15.7. The summed E-state index contributed by atoms with van der Waals surface area (Å²) in [5, 5.41) is 13.2. The zero-order chi connectivity index (χ0) is 23.9. The number of hydrogen-bond donors (Lipinski definition) is 1. The lowest BCUT2D eigenvalue weighted by molar-refractivity contribution is -0.255. The number of barbiturate groups is 1. The van der Waals surface area contributed by atoms with Gasteiger partial charge in [-0.15, -0.1) is 0 Å². The summed E-state index contributed by atoms with van der Waals surface area (Å²) in [6.07, 6.45) is 1.27. The Kier molecular flexibility index (Phi) is 5.43. The molecular weight excluding hydrogens is 424 g/mol. The zero-order valence-electron chi connectivity index (χ0n) is 18.1. The Hall–Kier alpha value is -4.46. The van der Waals surface area contributed by atoms with Crippen LogP contribution in [0.1, 0.15) is 32.8 Å². The van der Waals surface area contributed by atoms with Crippen LogP contribution in [0, 0.1) is 20.8 Å². The summed E-state index contributed by atoms with van der Waals surface area (Å²) in [6, 6.07) is 12.0. The summed E-state index contributed by atoms with van der Waals surface area (Å²) < 4.78 is 5.78. The van der Waals surface area contributed by atoms with Crippen molar-refractivity contribution in [3.63, 3.8) is 0 Å². The molecule has 1 aliphatic rings. The number of imide groups is 2. The number of rotatable bonds is 4. The van der Waals surface area contributed by atoms with Gasteiger partial charge in [0.15, 0.2) is 0 Å². The van der Waals surface area contributed by atoms with Gasteiger partial charge in [-0.1, -0.05) is 18.2 Å². The van der Waals surface area contributed by atoms with E-state index in [4.69, 9.17) is 4.42 Å². The first-order valence-corrected chi connectivity index (χ1v) is 10.1. The van der Waals surface area contributed by atoms with Crippen LogP contribution < -0.4 is 15.3 Å². The summed E-state index contributed by atoms with van der Waals surface area (Å²) in [5.74, 6) is -2.22. The molecule has 0 atom stereocenters. The average Bonchev–Trinajstić information content (AvgIpc) is 3.21. The maximum atomic E-state index is 13.1. The Morgan fingerprint density at radius 3 is 2.36 bits per heavy atom. The largest absolute Gasteiger partial charge is 0.545 e. The Morgan fingerprint density at radius 2 is 1.70 bits per heavy atom. The second kappa shape index (κ2) is 8.23. The van der Waals surface area contributed by atoms with Crippen molar-refractivity contribution >= 4 is 35.6 Å². The number of nitrogens with zero attached hydrogens (tertiary/aromatic N) is 1. The number of furan rings is 1. The number of aromatic carboxylic acids is 1. The number of nitrogens with one attached hydrogen (secondary N) is 1. The molecule has 33 heavy (non-hydrogen) atoms. The van der Waals surface area contributed by atoms with E-state index in [-0.39, 0.29) is 16.9 Å². The molecule has 1 N–H and O–H groups in total. The number of carbonyl (C=O) groups excluding carboxylic acids is 4. The molecule has 0 aliphatic carbocycles. The number of benzene rings is 2. The Labute approximate surface area is 189 Å². The molecule has 1 aliphatic heterocycles. The summed E-state index contributed by atoms with van der Waals surface area (Å²) in [4.78, 5) is 49.8. The van der Waals surface area contributed by atoms with Gasteiger partial charge in [0.2, 0.25) is 0 Å². The number of carboxylic acid groups (broad SMARTS) is 1. The molecule has 3 aromatic rings. The van der Waals surface area contributed by atoms with Crippen molar-refractivity contribution in [1.82, 2.24) is 5.32 Å². The summed E-state index contributed by atoms with van der Waals surface area (Å²) >= 11 is 0. The van der Waals surface area contributed by atoms with Gasteiger partial charge in [-0.25, -0.2) is 9.69 Å². The van der Waals surface area contributed by atoms with Crippen LogP contribution in [-0.4, -0.2) is 23.8 Å². The molecule has 4 rings (SSSR count). The number of carboxylic acids is 1. The molecule has 1 saturated heterocycles. The third kappa shape index (κ3) is 4.06. The van der Waals surface area contributed by atoms with Gasteiger partial charge in [0.1, 0.15) is 17.1 Å². The van der Waals surface area contributed by atoms with Gasteiger partial charge >= 0.3 is 6.03 Å². The second-order valence-electron chi connectivity index (χ2n) is 7.75. The van der Waals surface area contributed by atoms with E-state index in [0.717, 1.165) is 16.0 Å². The molecule has 1 fully saturated rings. The second-order valence-corrected chi connectivity index (χ2v) is 7.75. The number of urea groups is 1. The van der Waals surface area contributed by atoms with Crippen molar-refractivity contribution in [3.05, 3.63) is 82.1 Å². The molecule has 2 heterocycles. The SMILES string of the molecule is Cc1ccc(N2C(=O)NC(=O)/C(=C\c3ccc(-c4ccc(C(=O)[O-])cc4C)o3)C2=O)cc1C. The fraction of sp³-hybridized carbons (Fsp3) is 0.120. The topological polar surface area (TPSA) is 120 Å². The highest BCUT2D eigenvalue weighted by Crippen LogP contribution is 2.29. The molecule has 8 heteroatoms. The third-order valence-electron chi connectivity index (χ3n) is 5.49. The molecule has 0 bridgehead atoms. The minimum atomic E-state index is -1.28. The minimum Gasteiger partial charge on any atom is -0.545 e. The van der Waals surface area contributed by atoms with Crippen molar-refractivity contribution in [1.29, 1.82) is 0 Å². The quantitative estimate of drug-likeness (QED) is 0.489. The van der Waals surface area contributed by atoms with E-state index in [1.165, 1.54) is 18.2 Å². The fourth-order valence-electron chi connectivity index (χ4n) is 3.54. The van der Waals surface area contributed by atoms with Gasteiger partial charge in [-0.3, -0.25) is 14.9 Å². The first kappa shape index (κ1) is 21.8. The lowest BCUT2D eigenvalue weighted by Crippen LogP contribution is -2.54. The Balaban J connectivity index is 1.67. The molecule has 166 valence electrons. The average molecular weight is 443 g/mol. The normalized spacial score (nSPS) is 15.2. The predicted molar refractivity (Wildman–Crippen MR) is 118 cm³/mol. The smallest absolute Gasteiger partial charge is 0.335 e. The summed E-state index contributed by atoms with van der Waals surface area (Å²) in [5.41, 5.74) is 3.35. The highest BCUT2D eigenvalue weighted by Gasteiger charge is 2.37. The van der Waals surface area contributed by atoms with Crippen LogP contribution in [0.4, 0.5) is 10.5 Å². The molecule has 4 amide bonds. The highest BCUT2D eigenvalue weighted by atomic mass is 16.4. The number of hydrogen-bond acceptors (Lipinski definition) is 6. The van der Waals surface area contributed by atoms with Gasteiger partial charge in [0.25, 0.3) is 11.8 Å². The van der Waals surface area contributed by atoms with Crippen molar-refractivity contribution in [2.45, 2.75) is 20.8 Å². The van der Waals surface area contributed by atoms with E-state index < -0.39 is 23.8 Å². The predicted octanol–water partition coefficient (Wildman–Crippen LogP) is 2.90. The lowest BCUT2D eigenvalue weighted by atomic mass is 10.0. The molecule has 0 spiro atoms. The van der Waals surface area contributed by atoms with Gasteiger partial charge in [0.05, 0.1) is 11.7 Å². The fourth-order valence-corrected chi connectivity index (χ4v) is 3.54. The first-order valence-electron chi connectivity index (χ1n) is 10.1. The third-order valence-corrected chi connectivity index (χ3v) is 5.49. The van der Waals surface area contributed by atoms with Crippen molar-refractivity contribution < 1.29 is 28.7 Å². The molecule has 8 nitrogen and oxygen atoms in total. The van der Waals surface area contributed by atoms with Crippen LogP contribution >= 0.6 is 0 Å². The van der Waals surface area contributed by atoms with E-state index in [2.05, 4.69) is 5.32 Å². The minimum absolute atomic E-state index is 0.0470. The summed E-state index contributed by atoms with van der Waals surface area (Å²) in [7, 11) is 0. The lowest BCUT2D eigenvalue weighted by Gasteiger charge is -2.26. The number of aryl methyl sites for hydroxylation is 3.